The average Bonchev–Trinajstić information content (AvgIpc) is 3.13. The number of halogens is 2. The van der Waals surface area contributed by atoms with Gasteiger partial charge in [-0.2, -0.15) is 0 Å². The largest absolute Gasteiger partial charge is 0.491 e. The Labute approximate surface area is 317 Å². The van der Waals surface area contributed by atoms with Gasteiger partial charge in [0.2, 0.25) is 0 Å². The molecule has 276 valence electrons. The van der Waals surface area contributed by atoms with Crippen molar-refractivity contribution in [3.8, 4) is 11.5 Å². The predicted octanol–water partition coefficient (Wildman–Crippen LogP) is 7.26. The van der Waals surface area contributed by atoms with Crippen molar-refractivity contribution in [3.05, 3.63) is 116 Å². The van der Waals surface area contributed by atoms with Crippen LogP contribution in [-0.2, 0) is 14.2 Å². The van der Waals surface area contributed by atoms with Gasteiger partial charge in [-0.1, -0.05) is 31.9 Å². The van der Waals surface area contributed by atoms with Gasteiger partial charge in [0.05, 0.1) is 48.9 Å². The van der Waals surface area contributed by atoms with E-state index in [0.29, 0.717) is 77.8 Å². The Morgan fingerprint density at radius 1 is 0.577 bits per heavy atom. The molecule has 0 heterocycles. The zero-order valence-corrected chi connectivity index (χ0v) is 31.5. The third-order valence-electron chi connectivity index (χ3n) is 6.78. The van der Waals surface area contributed by atoms with E-state index in [1.54, 1.807) is 67.8 Å². The van der Waals surface area contributed by atoms with E-state index in [-0.39, 0.29) is 22.5 Å². The van der Waals surface area contributed by atoms with Gasteiger partial charge in [0.1, 0.15) is 24.7 Å². The fourth-order valence-electron chi connectivity index (χ4n) is 4.22. The molecule has 0 aliphatic carbocycles. The molecule has 4 aromatic rings. The highest BCUT2D eigenvalue weighted by atomic mass is 79.9. The minimum atomic E-state index is -1.12. The van der Waals surface area contributed by atoms with E-state index in [1.807, 2.05) is 6.92 Å². The van der Waals surface area contributed by atoms with Crippen LogP contribution in [0.4, 0.5) is 11.4 Å². The van der Waals surface area contributed by atoms with E-state index in [4.69, 9.17) is 23.7 Å². The molecule has 0 spiro atoms. The summed E-state index contributed by atoms with van der Waals surface area (Å²) in [7, 11) is 1.59. The lowest BCUT2D eigenvalue weighted by Gasteiger charge is -2.10. The highest BCUT2D eigenvalue weighted by Crippen LogP contribution is 2.24. The molecule has 0 radical (unpaired) electrons. The second-order valence-electron chi connectivity index (χ2n) is 10.4. The number of methoxy groups -OCH3 is 1. The van der Waals surface area contributed by atoms with Crippen molar-refractivity contribution in [3.63, 3.8) is 0 Å². The number of hydrogen-bond donors (Lipinski definition) is 4. The lowest BCUT2D eigenvalue weighted by molar-refractivity contribution is 0.0405. The van der Waals surface area contributed by atoms with Gasteiger partial charge in [-0.05, 0) is 91.9 Å². The van der Waals surface area contributed by atoms with Crippen LogP contribution in [0.5, 0.6) is 11.5 Å². The topological polar surface area (TPSA) is 179 Å². The molecule has 0 atom stereocenters. The zero-order chi connectivity index (χ0) is 37.9. The van der Waals surface area contributed by atoms with Crippen LogP contribution < -0.4 is 20.1 Å². The summed E-state index contributed by atoms with van der Waals surface area (Å²) >= 11 is 6.43. The van der Waals surface area contributed by atoms with Gasteiger partial charge in [0.15, 0.2) is 0 Å². The number of aromatic carboxylic acids is 2. The molecule has 2 amide bonds. The van der Waals surface area contributed by atoms with Crippen molar-refractivity contribution < 1.29 is 53.1 Å². The molecular weight excluding hydrogens is 808 g/mol. The number of nitrogens with one attached hydrogen (secondary N) is 2. The summed E-state index contributed by atoms with van der Waals surface area (Å²) < 4.78 is 27.6. The Kier molecular flexibility index (Phi) is 17.8. The number of rotatable bonds is 18. The van der Waals surface area contributed by atoms with Crippen molar-refractivity contribution in [1.29, 1.82) is 0 Å². The maximum Gasteiger partial charge on any atom is 0.337 e. The number of benzene rings is 4. The Bertz CT molecular complexity index is 1790. The van der Waals surface area contributed by atoms with E-state index in [9.17, 15) is 29.4 Å². The lowest BCUT2D eigenvalue weighted by atomic mass is 10.1. The number of ether oxygens (including phenoxy) is 5. The summed E-state index contributed by atoms with van der Waals surface area (Å²) in [6.45, 7) is 5.39. The van der Waals surface area contributed by atoms with E-state index in [0.717, 1.165) is 0 Å². The summed E-state index contributed by atoms with van der Waals surface area (Å²) in [6.07, 6.45) is 0. The highest BCUT2D eigenvalue weighted by molar-refractivity contribution is 9.10. The minimum Gasteiger partial charge on any atom is -0.491 e. The summed E-state index contributed by atoms with van der Waals surface area (Å²) in [6, 6.07) is 22.4. The van der Waals surface area contributed by atoms with Crippen molar-refractivity contribution in [2.45, 2.75) is 6.92 Å². The fourth-order valence-corrected chi connectivity index (χ4v) is 4.95. The van der Waals surface area contributed by atoms with E-state index >= 15 is 0 Å². The lowest BCUT2D eigenvalue weighted by Crippen LogP contribution is -2.15. The van der Waals surface area contributed by atoms with E-state index in [2.05, 4.69) is 42.5 Å². The molecule has 4 aromatic carbocycles. The highest BCUT2D eigenvalue weighted by Gasteiger charge is 2.16. The maximum atomic E-state index is 12.4. The Morgan fingerprint density at radius 3 is 1.38 bits per heavy atom. The third-order valence-corrected chi connectivity index (χ3v) is 7.77. The number of carbonyl (C=O) groups excluding carboxylic acids is 2. The Balaban J connectivity index is 0.000000284. The molecule has 0 aliphatic heterocycles. The standard InChI is InChI=1S/C20H22BrNO6.C17H16BrNO5/c1-2-26-9-10-27-11-12-28-16-6-3-14(4-7-16)19(23)22-18-8-5-15(21)13-17(18)20(24)25;1-23-8-9-24-13-5-2-11(3-6-13)16(20)19-15-7-4-12(18)10-14(15)17(21)22/h3-8,13H,2,9-12H2,1H3,(H,22,23)(H,24,25);2-7,10H,8-9H2,1H3,(H,19,20)(H,21,22). The number of carbonyl (C=O) groups is 4. The Hall–Kier alpha value is -4.80. The number of amides is 2. The second-order valence-corrected chi connectivity index (χ2v) is 12.3. The van der Waals surface area contributed by atoms with Crippen molar-refractivity contribution in [2.75, 3.05) is 64.0 Å². The minimum absolute atomic E-state index is 0.00650. The first kappa shape index (κ1) is 41.6. The quantitative estimate of drug-likeness (QED) is 0.0742. The molecule has 15 heteroatoms. The molecule has 13 nitrogen and oxygen atoms in total. The van der Waals surface area contributed by atoms with E-state index < -0.39 is 23.8 Å². The zero-order valence-electron chi connectivity index (χ0n) is 28.4. The van der Waals surface area contributed by atoms with Crippen LogP contribution in [0, 0.1) is 0 Å². The van der Waals surface area contributed by atoms with Crippen LogP contribution in [0.25, 0.3) is 0 Å². The van der Waals surface area contributed by atoms with Crippen LogP contribution in [0.2, 0.25) is 0 Å². The van der Waals surface area contributed by atoms with Crippen molar-refractivity contribution >= 4 is 67.0 Å². The van der Waals surface area contributed by atoms with Gasteiger partial charge in [-0.15, -0.1) is 0 Å². The van der Waals surface area contributed by atoms with Crippen LogP contribution in [0.3, 0.4) is 0 Å². The summed E-state index contributed by atoms with van der Waals surface area (Å²) in [5.41, 5.74) is 1.26. The molecule has 4 N–H and O–H groups in total. The van der Waals surface area contributed by atoms with Gasteiger partial charge in [0.25, 0.3) is 11.8 Å². The first-order valence-electron chi connectivity index (χ1n) is 15.8. The number of carboxylic acids is 2. The molecule has 0 bridgehead atoms. The second kappa shape index (κ2) is 22.2. The normalized spacial score (nSPS) is 10.4. The van der Waals surface area contributed by atoms with E-state index in [1.165, 1.54) is 24.3 Å². The van der Waals surface area contributed by atoms with Crippen LogP contribution in [-0.4, -0.2) is 87.3 Å². The summed E-state index contributed by atoms with van der Waals surface area (Å²) in [5.74, 6) is -1.81. The average molecular weight is 847 g/mol. The number of carboxylic acid groups (broad SMARTS) is 2. The molecule has 0 fully saturated rings. The van der Waals surface area contributed by atoms with Gasteiger partial charge < -0.3 is 44.5 Å². The monoisotopic (exact) mass is 844 g/mol. The molecule has 52 heavy (non-hydrogen) atoms. The number of anilines is 2. The molecule has 0 saturated carbocycles. The number of hydrogen-bond acceptors (Lipinski definition) is 9. The first-order chi connectivity index (χ1) is 25.0. The summed E-state index contributed by atoms with van der Waals surface area (Å²) in [4.78, 5) is 47.2. The van der Waals surface area contributed by atoms with Crippen LogP contribution in [0.1, 0.15) is 48.4 Å². The smallest absolute Gasteiger partial charge is 0.337 e. The van der Waals surface area contributed by atoms with Crippen LogP contribution in [0.15, 0.2) is 93.9 Å². The van der Waals surface area contributed by atoms with Gasteiger partial charge in [-0.3, -0.25) is 9.59 Å². The SMILES string of the molecule is CCOCCOCCOc1ccc(C(=O)Nc2ccc(Br)cc2C(=O)O)cc1.COCCOc1ccc(C(=O)Nc2ccc(Br)cc2C(=O)O)cc1. The first-order valence-corrected chi connectivity index (χ1v) is 17.4. The van der Waals surface area contributed by atoms with Gasteiger partial charge in [0, 0.05) is 33.8 Å². The third kappa shape index (κ3) is 14.1. The molecule has 0 saturated heterocycles. The molecule has 0 unspecified atom stereocenters. The van der Waals surface area contributed by atoms with Crippen molar-refractivity contribution in [2.24, 2.45) is 0 Å². The molecule has 4 rings (SSSR count). The Morgan fingerprint density at radius 2 is 0.981 bits per heavy atom. The molecular formula is C37H38Br2N2O11. The van der Waals surface area contributed by atoms with Crippen LogP contribution >= 0.6 is 31.9 Å². The van der Waals surface area contributed by atoms with Gasteiger partial charge in [-0.25, -0.2) is 9.59 Å². The predicted molar refractivity (Wildman–Crippen MR) is 201 cm³/mol. The molecule has 0 aliphatic rings. The van der Waals surface area contributed by atoms with Crippen molar-refractivity contribution in [1.82, 2.24) is 0 Å². The molecule has 0 aromatic heterocycles. The van der Waals surface area contributed by atoms with Gasteiger partial charge >= 0.3 is 11.9 Å². The summed E-state index contributed by atoms with van der Waals surface area (Å²) in [5, 5.41) is 23.7. The maximum absolute atomic E-state index is 12.4. The fraction of sp³-hybridized carbons (Fsp3) is 0.243.